The summed E-state index contributed by atoms with van der Waals surface area (Å²) < 4.78 is 28.8. The second-order valence-corrected chi connectivity index (χ2v) is 13.1. The van der Waals surface area contributed by atoms with Gasteiger partial charge < -0.3 is 28.8 Å². The number of esters is 1. The van der Waals surface area contributed by atoms with Crippen LogP contribution in [-0.2, 0) is 31.2 Å². The summed E-state index contributed by atoms with van der Waals surface area (Å²) in [5.74, 6) is 0.310. The Morgan fingerprint density at radius 3 is 1.02 bits per heavy atom. The molecule has 0 atom stereocenters. The van der Waals surface area contributed by atoms with Crippen molar-refractivity contribution in [3.63, 3.8) is 0 Å². The highest BCUT2D eigenvalue weighted by Crippen LogP contribution is 2.36. The van der Waals surface area contributed by atoms with Crippen LogP contribution in [0.2, 0.25) is 0 Å². The molecule has 0 saturated carbocycles. The van der Waals surface area contributed by atoms with Crippen molar-refractivity contribution >= 4 is 23.1 Å². The van der Waals surface area contributed by atoms with Crippen LogP contribution in [0, 0.1) is 0 Å². The van der Waals surface area contributed by atoms with Crippen molar-refractivity contribution < 1.29 is 38.4 Å². The number of allylic oxidation sites excluding steroid dienone is 2. The number of carboxylic acid groups (broad SMARTS) is 1. The average molecular weight is 763 g/mol. The molecule has 0 radical (unpaired) electrons. The molecule has 6 aromatic rings. The van der Waals surface area contributed by atoms with E-state index in [4.69, 9.17) is 23.7 Å². The van der Waals surface area contributed by atoms with Crippen LogP contribution in [0.3, 0.4) is 0 Å². The molecule has 57 heavy (non-hydrogen) atoms. The molecule has 0 aliphatic rings. The van der Waals surface area contributed by atoms with Gasteiger partial charge in [0.25, 0.3) is 0 Å². The van der Waals surface area contributed by atoms with Crippen LogP contribution in [0.4, 0.5) is 0 Å². The van der Waals surface area contributed by atoms with E-state index >= 15 is 0 Å². The van der Waals surface area contributed by atoms with Crippen molar-refractivity contribution in [3.05, 3.63) is 203 Å². The van der Waals surface area contributed by atoms with Gasteiger partial charge in [-0.1, -0.05) is 134 Å². The number of carboxylic acids is 1. The Hall–Kier alpha value is -7.06. The highest BCUT2D eigenvalue weighted by molar-refractivity contribution is 5.94. The first kappa shape index (κ1) is 41.1. The van der Waals surface area contributed by atoms with Crippen molar-refractivity contribution in [1.29, 1.82) is 0 Å². The Kier molecular flexibility index (Phi) is 14.8. The zero-order valence-corrected chi connectivity index (χ0v) is 32.4. The molecule has 0 spiro atoms. The van der Waals surface area contributed by atoms with E-state index < -0.39 is 11.9 Å². The second-order valence-electron chi connectivity index (χ2n) is 13.1. The third-order valence-electron chi connectivity index (χ3n) is 8.67. The molecule has 6 aromatic carbocycles. The van der Waals surface area contributed by atoms with Crippen molar-refractivity contribution in [1.82, 2.24) is 0 Å². The molecule has 0 aromatic heterocycles. The minimum atomic E-state index is -1.06. The summed E-state index contributed by atoms with van der Waals surface area (Å²) in [5, 5.41) is 9.62. The normalized spacial score (nSPS) is 10.3. The Morgan fingerprint density at radius 2 is 0.737 bits per heavy atom. The number of rotatable bonds is 16. The van der Waals surface area contributed by atoms with E-state index in [0.717, 1.165) is 39.0 Å². The highest BCUT2D eigenvalue weighted by atomic mass is 16.5. The van der Waals surface area contributed by atoms with Crippen LogP contribution in [0.5, 0.6) is 23.0 Å². The van der Waals surface area contributed by atoms with Crippen molar-refractivity contribution in [2.24, 2.45) is 0 Å². The Morgan fingerprint density at radius 1 is 0.456 bits per heavy atom. The molecule has 0 unspecified atom stereocenters. The molecule has 0 aliphatic heterocycles. The largest absolute Gasteiger partial charge is 0.488 e. The number of aromatic carboxylic acids is 1. The number of carbonyl (C=O) groups excluding carboxylic acids is 1. The molecule has 0 saturated heterocycles. The van der Waals surface area contributed by atoms with E-state index in [1.165, 1.54) is 7.11 Å². The van der Waals surface area contributed by atoms with Gasteiger partial charge in [0.1, 0.15) is 60.6 Å². The lowest BCUT2D eigenvalue weighted by Gasteiger charge is -2.17. The van der Waals surface area contributed by atoms with Crippen LogP contribution < -0.4 is 18.9 Å². The van der Waals surface area contributed by atoms with Crippen molar-refractivity contribution in [3.8, 4) is 23.0 Å². The predicted molar refractivity (Wildman–Crippen MR) is 224 cm³/mol. The van der Waals surface area contributed by atoms with Gasteiger partial charge in [0, 0.05) is 23.3 Å². The molecular weight excluding hydrogens is 717 g/mol. The quantitative estimate of drug-likeness (QED) is 0.0973. The summed E-state index contributed by atoms with van der Waals surface area (Å²) in [5.41, 5.74) is 7.35. The fraction of sp³-hybridized carbons (Fsp3) is 0.143. The fourth-order valence-corrected chi connectivity index (χ4v) is 5.64. The topological polar surface area (TPSA) is 101 Å². The first-order valence-electron chi connectivity index (χ1n) is 18.3. The molecule has 0 heterocycles. The van der Waals surface area contributed by atoms with Crippen LogP contribution >= 0.6 is 0 Å². The van der Waals surface area contributed by atoms with Gasteiger partial charge in [0.05, 0.1) is 7.11 Å². The number of hydrogen-bond acceptors (Lipinski definition) is 7. The zero-order valence-electron chi connectivity index (χ0n) is 32.4. The summed E-state index contributed by atoms with van der Waals surface area (Å²) in [6.07, 6.45) is 0. The van der Waals surface area contributed by atoms with E-state index in [1.54, 1.807) is 24.3 Å². The molecule has 1 N–H and O–H groups in total. The maximum atomic E-state index is 12.3. The molecule has 0 bridgehead atoms. The van der Waals surface area contributed by atoms with Gasteiger partial charge in [-0.3, -0.25) is 0 Å². The number of benzene rings is 6. The number of hydrogen-bond donors (Lipinski definition) is 1. The number of carbonyl (C=O) groups is 2. The van der Waals surface area contributed by atoms with E-state index in [-0.39, 0.29) is 17.9 Å². The SMILES string of the molecule is C=C(C)c1cc(C(=O)O)c(OCc2ccccc2)cc1OCc1ccccc1.C=C(C)c1cc(C(=O)OC)c(OCc2ccccc2)cc1OCc1ccccc1. The van der Waals surface area contributed by atoms with E-state index in [9.17, 15) is 14.7 Å². The molecule has 0 aliphatic carbocycles. The molecule has 290 valence electrons. The van der Waals surface area contributed by atoms with Crippen LogP contribution in [0.25, 0.3) is 11.1 Å². The van der Waals surface area contributed by atoms with Gasteiger partial charge in [-0.25, -0.2) is 9.59 Å². The summed E-state index contributed by atoms with van der Waals surface area (Å²) in [6, 6.07) is 45.7. The number of ether oxygens (including phenoxy) is 5. The second kappa shape index (κ2) is 20.6. The fourth-order valence-electron chi connectivity index (χ4n) is 5.64. The monoisotopic (exact) mass is 762 g/mol. The predicted octanol–water partition coefficient (Wildman–Crippen LogP) is 11.2. The third kappa shape index (κ3) is 12.0. The summed E-state index contributed by atoms with van der Waals surface area (Å²) >= 11 is 0. The molecule has 8 nitrogen and oxygen atoms in total. The minimum Gasteiger partial charge on any atom is -0.488 e. The molecule has 8 heteroatoms. The lowest BCUT2D eigenvalue weighted by atomic mass is 10.0. The molecular formula is C49H46O8. The summed E-state index contributed by atoms with van der Waals surface area (Å²) in [7, 11) is 1.35. The van der Waals surface area contributed by atoms with E-state index in [2.05, 4.69) is 13.2 Å². The Labute approximate surface area is 334 Å². The zero-order chi connectivity index (χ0) is 40.6. The smallest absolute Gasteiger partial charge is 0.341 e. The summed E-state index contributed by atoms with van der Waals surface area (Å²) in [6.45, 7) is 13.0. The highest BCUT2D eigenvalue weighted by Gasteiger charge is 2.20. The lowest BCUT2D eigenvalue weighted by Crippen LogP contribution is -2.08. The molecule has 6 rings (SSSR count). The van der Waals surface area contributed by atoms with E-state index in [1.807, 2.05) is 135 Å². The Bertz CT molecular complexity index is 2190. The van der Waals surface area contributed by atoms with Crippen molar-refractivity contribution in [2.75, 3.05) is 7.11 Å². The van der Waals surface area contributed by atoms with Crippen LogP contribution in [-0.4, -0.2) is 24.2 Å². The maximum absolute atomic E-state index is 12.3. The summed E-state index contributed by atoms with van der Waals surface area (Å²) in [4.78, 5) is 24.1. The standard InChI is InChI=1S/C25H24O4.C24H22O4/c1-18(2)21-14-22(25(26)27-3)24(29-17-20-12-8-5-9-13-20)15-23(21)28-16-19-10-6-4-7-11-19;1-17(2)20-13-21(24(25)26)23(28-16-19-11-7-4-8-12-19)14-22(20)27-15-18-9-5-3-6-10-18/h4-15H,1,16-17H2,2-3H3;3-14H,1,15-16H2,2H3,(H,25,26). The molecule has 0 amide bonds. The first-order chi connectivity index (χ1) is 27.6. The van der Waals surface area contributed by atoms with Gasteiger partial charge in [0.2, 0.25) is 0 Å². The lowest BCUT2D eigenvalue weighted by molar-refractivity contribution is 0.0594. The van der Waals surface area contributed by atoms with Gasteiger partial charge in [0.15, 0.2) is 0 Å². The van der Waals surface area contributed by atoms with E-state index in [0.29, 0.717) is 48.2 Å². The van der Waals surface area contributed by atoms with Crippen LogP contribution in [0.15, 0.2) is 159 Å². The third-order valence-corrected chi connectivity index (χ3v) is 8.67. The van der Waals surface area contributed by atoms with Crippen LogP contribution in [0.1, 0.15) is 67.9 Å². The van der Waals surface area contributed by atoms with Crippen molar-refractivity contribution in [2.45, 2.75) is 40.3 Å². The van der Waals surface area contributed by atoms with Gasteiger partial charge in [-0.05, 0) is 59.4 Å². The number of methoxy groups -OCH3 is 1. The van der Waals surface area contributed by atoms with Gasteiger partial charge >= 0.3 is 11.9 Å². The van der Waals surface area contributed by atoms with Gasteiger partial charge in [-0.2, -0.15) is 0 Å². The molecule has 0 fully saturated rings. The Balaban J connectivity index is 0.000000218. The van der Waals surface area contributed by atoms with Gasteiger partial charge in [-0.15, -0.1) is 0 Å². The average Bonchev–Trinajstić information content (AvgIpc) is 3.24. The minimum absolute atomic E-state index is 0.0843. The maximum Gasteiger partial charge on any atom is 0.341 e. The first-order valence-corrected chi connectivity index (χ1v) is 18.3.